The summed E-state index contributed by atoms with van der Waals surface area (Å²) in [6.45, 7) is 0. The monoisotopic (exact) mass is 446 g/mol. The van der Waals surface area contributed by atoms with Gasteiger partial charge in [-0.25, -0.2) is 0 Å². The van der Waals surface area contributed by atoms with Crippen LogP contribution in [0.4, 0.5) is 18.3 Å². The largest absolute Gasteiger partial charge is 0.417 e. The van der Waals surface area contributed by atoms with Gasteiger partial charge in [0.2, 0.25) is 5.13 Å². The first-order chi connectivity index (χ1) is 14.3. The van der Waals surface area contributed by atoms with Crippen LogP contribution in [0.3, 0.4) is 0 Å². The molecule has 0 bridgehead atoms. The maximum absolute atomic E-state index is 13.3. The number of halogens is 3. The molecule has 10 heteroatoms. The number of rotatable bonds is 6. The van der Waals surface area contributed by atoms with Crippen LogP contribution in [-0.2, 0) is 10.5 Å². The van der Waals surface area contributed by atoms with Crippen LogP contribution in [0.5, 0.6) is 0 Å². The van der Waals surface area contributed by atoms with Gasteiger partial charge in [-0.05, 0) is 23.3 Å². The number of carbonyl (C=O) groups excluding carboxylic acids is 1. The lowest BCUT2D eigenvalue weighted by Gasteiger charge is -2.11. The third-order valence-electron chi connectivity index (χ3n) is 3.75. The molecule has 3 rings (SSSR count). The van der Waals surface area contributed by atoms with Gasteiger partial charge >= 0.3 is 6.18 Å². The number of hydrogen-bond acceptors (Lipinski definition) is 6. The number of nitriles is 1. The Balaban J connectivity index is 1.64. The predicted molar refractivity (Wildman–Crippen MR) is 110 cm³/mol. The van der Waals surface area contributed by atoms with Crippen LogP contribution < -0.4 is 5.32 Å². The van der Waals surface area contributed by atoms with E-state index >= 15 is 0 Å². The van der Waals surface area contributed by atoms with Gasteiger partial charge in [-0.3, -0.25) is 10.1 Å². The van der Waals surface area contributed by atoms with Gasteiger partial charge in [0.1, 0.15) is 0 Å². The molecule has 3 aromatic rings. The first-order valence-corrected chi connectivity index (χ1v) is 10.3. The second-order valence-electron chi connectivity index (χ2n) is 5.88. The molecule has 1 N–H and O–H groups in total. The molecule has 0 aliphatic carbocycles. The zero-order valence-electron chi connectivity index (χ0n) is 15.2. The Hall–Kier alpha value is -3.16. The van der Waals surface area contributed by atoms with E-state index in [0.717, 1.165) is 16.9 Å². The van der Waals surface area contributed by atoms with E-state index in [1.54, 1.807) is 18.2 Å². The van der Waals surface area contributed by atoms with Crippen molar-refractivity contribution in [2.45, 2.75) is 16.3 Å². The highest BCUT2D eigenvalue weighted by atomic mass is 32.2. The molecule has 0 atom stereocenters. The maximum atomic E-state index is 13.3. The van der Waals surface area contributed by atoms with Crippen molar-refractivity contribution in [3.8, 4) is 6.07 Å². The van der Waals surface area contributed by atoms with Crippen molar-refractivity contribution in [3.05, 3.63) is 77.4 Å². The SMILES string of the molecule is N#Cc1ccc(CSc2nnc(NC(=O)/C=C(\c3ccccc3)C(F)(F)F)s2)cc1. The summed E-state index contributed by atoms with van der Waals surface area (Å²) in [5.74, 6) is -0.369. The molecule has 152 valence electrons. The molecule has 0 spiro atoms. The van der Waals surface area contributed by atoms with E-state index < -0.39 is 17.7 Å². The van der Waals surface area contributed by atoms with Crippen LogP contribution in [0, 0.1) is 11.3 Å². The Morgan fingerprint density at radius 2 is 1.83 bits per heavy atom. The van der Waals surface area contributed by atoms with E-state index in [0.29, 0.717) is 21.7 Å². The number of allylic oxidation sites excluding steroid dienone is 1. The second-order valence-corrected chi connectivity index (χ2v) is 8.08. The molecule has 2 aromatic carbocycles. The van der Waals surface area contributed by atoms with Crippen LogP contribution in [0.15, 0.2) is 65.0 Å². The predicted octanol–water partition coefficient (Wildman–Crippen LogP) is 5.29. The van der Waals surface area contributed by atoms with Crippen molar-refractivity contribution in [2.24, 2.45) is 0 Å². The van der Waals surface area contributed by atoms with E-state index in [1.165, 1.54) is 36.0 Å². The van der Waals surface area contributed by atoms with Gasteiger partial charge < -0.3 is 0 Å². The smallest absolute Gasteiger partial charge is 0.297 e. The Kier molecular flexibility index (Phi) is 6.87. The minimum atomic E-state index is -4.68. The minimum absolute atomic E-state index is 0.101. The molecule has 5 nitrogen and oxygen atoms in total. The third-order valence-corrected chi connectivity index (χ3v) is 5.79. The lowest BCUT2D eigenvalue weighted by Crippen LogP contribution is -2.16. The molecule has 0 radical (unpaired) electrons. The normalized spacial score (nSPS) is 11.7. The van der Waals surface area contributed by atoms with E-state index in [9.17, 15) is 18.0 Å². The fraction of sp³-hybridized carbons (Fsp3) is 0.100. The Bertz CT molecular complexity index is 1090. The van der Waals surface area contributed by atoms with Crippen LogP contribution in [0.1, 0.15) is 16.7 Å². The average molecular weight is 446 g/mol. The molecule has 30 heavy (non-hydrogen) atoms. The first kappa shape index (κ1) is 21.5. The van der Waals surface area contributed by atoms with Gasteiger partial charge in [-0.1, -0.05) is 65.6 Å². The standard InChI is InChI=1S/C20H13F3N4OS2/c21-20(22,23)16(15-4-2-1-3-5-15)10-17(28)25-18-26-27-19(30-18)29-12-14-8-6-13(11-24)7-9-14/h1-10H,12H2,(H,25,26,28)/b16-10+. The number of anilines is 1. The van der Waals surface area contributed by atoms with Crippen molar-refractivity contribution in [3.63, 3.8) is 0 Å². The summed E-state index contributed by atoms with van der Waals surface area (Å²) in [6.07, 6.45) is -4.16. The third kappa shape index (κ3) is 5.92. The number of benzene rings is 2. The summed E-state index contributed by atoms with van der Waals surface area (Å²) in [5.41, 5.74) is 0.392. The van der Waals surface area contributed by atoms with Gasteiger partial charge in [0.15, 0.2) is 4.34 Å². The number of hydrogen-bond donors (Lipinski definition) is 1. The zero-order valence-corrected chi connectivity index (χ0v) is 16.8. The average Bonchev–Trinajstić information content (AvgIpc) is 3.18. The molecule has 0 aliphatic rings. The topological polar surface area (TPSA) is 78.7 Å². The minimum Gasteiger partial charge on any atom is -0.297 e. The lowest BCUT2D eigenvalue weighted by atomic mass is 10.1. The fourth-order valence-electron chi connectivity index (χ4n) is 2.36. The van der Waals surface area contributed by atoms with E-state index in [4.69, 9.17) is 5.26 Å². The van der Waals surface area contributed by atoms with Crippen molar-refractivity contribution in [1.29, 1.82) is 5.26 Å². The summed E-state index contributed by atoms with van der Waals surface area (Å²) in [5, 5.41) is 19.0. The molecule has 1 aromatic heterocycles. The molecule has 0 unspecified atom stereocenters. The summed E-state index contributed by atoms with van der Waals surface area (Å²) in [4.78, 5) is 12.1. The van der Waals surface area contributed by atoms with Gasteiger partial charge in [-0.2, -0.15) is 18.4 Å². The molecular formula is C20H13F3N4OS2. The zero-order chi connectivity index (χ0) is 21.6. The number of aromatic nitrogens is 2. The van der Waals surface area contributed by atoms with Crippen LogP contribution in [-0.4, -0.2) is 22.3 Å². The summed E-state index contributed by atoms with van der Waals surface area (Å²) >= 11 is 2.43. The van der Waals surface area contributed by atoms with Gasteiger partial charge in [-0.15, -0.1) is 10.2 Å². The maximum Gasteiger partial charge on any atom is 0.417 e. The number of nitrogens with one attached hydrogen (secondary N) is 1. The Morgan fingerprint density at radius 1 is 1.13 bits per heavy atom. The first-order valence-electron chi connectivity index (χ1n) is 8.46. The van der Waals surface area contributed by atoms with Crippen molar-refractivity contribution < 1.29 is 18.0 Å². The highest BCUT2D eigenvalue weighted by Gasteiger charge is 2.35. The van der Waals surface area contributed by atoms with Crippen molar-refractivity contribution in [2.75, 3.05) is 5.32 Å². The van der Waals surface area contributed by atoms with E-state index in [-0.39, 0.29) is 10.7 Å². The fourth-order valence-corrected chi connectivity index (χ4v) is 4.07. The molecule has 0 fully saturated rings. The van der Waals surface area contributed by atoms with Gasteiger partial charge in [0.25, 0.3) is 5.91 Å². The lowest BCUT2D eigenvalue weighted by molar-refractivity contribution is -0.112. The molecule has 0 aliphatic heterocycles. The molecule has 1 amide bonds. The van der Waals surface area contributed by atoms with Gasteiger partial charge in [0, 0.05) is 11.8 Å². The molecular weight excluding hydrogens is 433 g/mol. The highest BCUT2D eigenvalue weighted by Crippen LogP contribution is 2.34. The molecule has 1 heterocycles. The Labute approximate surface area is 178 Å². The number of carbonyl (C=O) groups is 1. The highest BCUT2D eigenvalue weighted by molar-refractivity contribution is 8.00. The van der Waals surface area contributed by atoms with Crippen molar-refractivity contribution in [1.82, 2.24) is 10.2 Å². The van der Waals surface area contributed by atoms with Crippen LogP contribution >= 0.6 is 23.1 Å². The van der Waals surface area contributed by atoms with Crippen LogP contribution in [0.25, 0.3) is 5.57 Å². The number of alkyl halides is 3. The molecule has 0 saturated heterocycles. The van der Waals surface area contributed by atoms with Crippen LogP contribution in [0.2, 0.25) is 0 Å². The second kappa shape index (κ2) is 9.56. The number of thioether (sulfide) groups is 1. The number of amides is 1. The summed E-state index contributed by atoms with van der Waals surface area (Å²) < 4.78 is 40.5. The van der Waals surface area contributed by atoms with Gasteiger partial charge in [0.05, 0.1) is 17.2 Å². The molecule has 0 saturated carbocycles. The van der Waals surface area contributed by atoms with E-state index in [2.05, 4.69) is 15.5 Å². The van der Waals surface area contributed by atoms with E-state index in [1.807, 2.05) is 18.2 Å². The summed E-state index contributed by atoms with van der Waals surface area (Å²) in [7, 11) is 0. The Morgan fingerprint density at radius 3 is 2.47 bits per heavy atom. The quantitative estimate of drug-likeness (QED) is 0.316. The summed E-state index contributed by atoms with van der Waals surface area (Å²) in [6, 6.07) is 16.2. The van der Waals surface area contributed by atoms with Crippen molar-refractivity contribution >= 4 is 39.7 Å². The number of nitrogens with zero attached hydrogens (tertiary/aromatic N) is 3.